The zero-order valence-corrected chi connectivity index (χ0v) is 18.5. The van der Waals surface area contributed by atoms with Gasteiger partial charge in [-0.3, -0.25) is 4.79 Å². The fraction of sp³-hybridized carbons (Fsp3) is 0.208. The number of aromatic nitrogens is 3. The number of carbonyl (C=O) groups is 1. The number of halogens is 3. The molecule has 11 heteroatoms. The van der Waals surface area contributed by atoms with Gasteiger partial charge in [0.2, 0.25) is 5.91 Å². The van der Waals surface area contributed by atoms with Gasteiger partial charge in [-0.1, -0.05) is 12.1 Å². The highest BCUT2D eigenvalue weighted by molar-refractivity contribution is 5.93. The van der Waals surface area contributed by atoms with Crippen LogP contribution in [-0.4, -0.2) is 27.6 Å². The summed E-state index contributed by atoms with van der Waals surface area (Å²) in [6, 6.07) is 10.6. The second-order valence-electron chi connectivity index (χ2n) is 8.01. The normalized spacial score (nSPS) is 13.1. The summed E-state index contributed by atoms with van der Waals surface area (Å²) in [5.41, 5.74) is 10.1. The van der Waals surface area contributed by atoms with Crippen LogP contribution in [-0.2, 0) is 35.3 Å². The quantitative estimate of drug-likeness (QED) is 0.440. The number of fused-ring (bicyclic) bond motifs is 3. The first-order valence-corrected chi connectivity index (χ1v) is 10.6. The molecule has 35 heavy (non-hydrogen) atoms. The molecule has 0 bridgehead atoms. The lowest BCUT2D eigenvalue weighted by Crippen LogP contribution is -2.15. The van der Waals surface area contributed by atoms with E-state index in [1.54, 1.807) is 12.1 Å². The summed E-state index contributed by atoms with van der Waals surface area (Å²) >= 11 is 0. The van der Waals surface area contributed by atoms with E-state index in [-0.39, 0.29) is 17.9 Å². The van der Waals surface area contributed by atoms with Gasteiger partial charge < -0.3 is 25.1 Å². The Morgan fingerprint density at radius 3 is 2.66 bits per heavy atom. The van der Waals surface area contributed by atoms with Crippen molar-refractivity contribution in [3.63, 3.8) is 0 Å². The maximum atomic E-state index is 13.2. The Hall–Kier alpha value is -4.12. The highest BCUT2D eigenvalue weighted by Crippen LogP contribution is 2.38. The molecule has 5 rings (SSSR count). The van der Waals surface area contributed by atoms with Crippen LogP contribution in [0.4, 0.5) is 24.7 Å². The summed E-state index contributed by atoms with van der Waals surface area (Å²) in [6.45, 7) is 0.853. The molecule has 0 saturated carbocycles. The third-order valence-electron chi connectivity index (χ3n) is 5.81. The molecule has 0 fully saturated rings. The zero-order valence-electron chi connectivity index (χ0n) is 18.5. The standard InChI is InChI=1S/C24H20F3N5O3/c1-34-19-7-4-14(9-17(19)24(25,26)27)31-20(33)8-13-2-5-15(6-3-13)32-18-11-35-10-16(18)21-22(32)23(28)30-12-29-21/h2-7,9,12H,8,10-11H2,1H3,(H,31,33)(H2,28,29,30). The van der Waals surface area contributed by atoms with Gasteiger partial charge in [0.1, 0.15) is 23.1 Å². The van der Waals surface area contributed by atoms with E-state index in [0.29, 0.717) is 30.1 Å². The molecule has 0 aliphatic carbocycles. The lowest BCUT2D eigenvalue weighted by molar-refractivity contribution is -0.138. The van der Waals surface area contributed by atoms with Crippen LogP contribution in [0.3, 0.4) is 0 Å². The van der Waals surface area contributed by atoms with E-state index in [1.807, 2.05) is 16.7 Å². The predicted molar refractivity (Wildman–Crippen MR) is 122 cm³/mol. The van der Waals surface area contributed by atoms with Crippen molar-refractivity contribution in [2.75, 3.05) is 18.2 Å². The molecule has 1 amide bonds. The summed E-state index contributed by atoms with van der Waals surface area (Å²) in [6.07, 6.45) is -3.21. The minimum Gasteiger partial charge on any atom is -0.496 e. The molecule has 180 valence electrons. The number of nitrogens with two attached hydrogens (primary N) is 1. The van der Waals surface area contributed by atoms with Crippen molar-refractivity contribution in [1.29, 1.82) is 0 Å². The van der Waals surface area contributed by atoms with Gasteiger partial charge >= 0.3 is 6.18 Å². The number of anilines is 2. The van der Waals surface area contributed by atoms with Crippen molar-refractivity contribution >= 4 is 28.4 Å². The van der Waals surface area contributed by atoms with Gasteiger partial charge in [-0.05, 0) is 35.9 Å². The van der Waals surface area contributed by atoms with Crippen molar-refractivity contribution in [1.82, 2.24) is 14.5 Å². The maximum Gasteiger partial charge on any atom is 0.420 e. The molecule has 0 saturated heterocycles. The molecule has 8 nitrogen and oxygen atoms in total. The summed E-state index contributed by atoms with van der Waals surface area (Å²) in [4.78, 5) is 21.0. The Kier molecular flexibility index (Phi) is 5.56. The first-order valence-electron chi connectivity index (χ1n) is 10.6. The Bertz CT molecular complexity index is 1430. The number of nitrogens with zero attached hydrogens (tertiary/aromatic N) is 3. The highest BCUT2D eigenvalue weighted by Gasteiger charge is 2.34. The average Bonchev–Trinajstić information content (AvgIpc) is 3.41. The number of ether oxygens (including phenoxy) is 2. The zero-order chi connectivity index (χ0) is 24.7. The van der Waals surface area contributed by atoms with E-state index in [2.05, 4.69) is 15.3 Å². The number of nitrogens with one attached hydrogen (secondary N) is 1. The van der Waals surface area contributed by atoms with Crippen molar-refractivity contribution < 1.29 is 27.4 Å². The Labute approximate surface area is 197 Å². The largest absolute Gasteiger partial charge is 0.496 e. The highest BCUT2D eigenvalue weighted by atomic mass is 19.4. The Morgan fingerprint density at radius 1 is 1.17 bits per heavy atom. The topological polar surface area (TPSA) is 104 Å². The van der Waals surface area contributed by atoms with E-state index in [9.17, 15) is 18.0 Å². The molecule has 4 aromatic rings. The van der Waals surface area contributed by atoms with Crippen molar-refractivity contribution in [3.05, 3.63) is 71.2 Å². The number of carbonyl (C=O) groups excluding carboxylic acids is 1. The van der Waals surface area contributed by atoms with Gasteiger partial charge in [0, 0.05) is 16.9 Å². The van der Waals surface area contributed by atoms with Gasteiger partial charge in [-0.2, -0.15) is 13.2 Å². The summed E-state index contributed by atoms with van der Waals surface area (Å²) in [5, 5.41) is 2.51. The molecule has 0 unspecified atom stereocenters. The van der Waals surface area contributed by atoms with Gasteiger partial charge in [0.05, 0.1) is 38.0 Å². The second kappa shape index (κ2) is 8.58. The van der Waals surface area contributed by atoms with Crippen molar-refractivity contribution in [2.45, 2.75) is 25.8 Å². The van der Waals surface area contributed by atoms with Crippen LogP contribution in [0.1, 0.15) is 22.4 Å². The minimum absolute atomic E-state index is 0.0213. The smallest absolute Gasteiger partial charge is 0.420 e. The molecule has 1 aliphatic heterocycles. The minimum atomic E-state index is -4.61. The number of alkyl halides is 3. The lowest BCUT2D eigenvalue weighted by Gasteiger charge is -2.14. The van der Waals surface area contributed by atoms with Crippen LogP contribution in [0.2, 0.25) is 0 Å². The van der Waals surface area contributed by atoms with Gasteiger partial charge in [0.25, 0.3) is 0 Å². The fourth-order valence-electron chi connectivity index (χ4n) is 4.24. The molecular weight excluding hydrogens is 463 g/mol. The summed E-state index contributed by atoms with van der Waals surface area (Å²) in [5.74, 6) is -0.411. The number of nitrogen functional groups attached to an aromatic ring is 1. The van der Waals surface area contributed by atoms with E-state index >= 15 is 0 Å². The van der Waals surface area contributed by atoms with E-state index < -0.39 is 17.6 Å². The maximum absolute atomic E-state index is 13.2. The van der Waals surface area contributed by atoms with Crippen LogP contribution >= 0.6 is 0 Å². The lowest BCUT2D eigenvalue weighted by atomic mass is 10.1. The predicted octanol–water partition coefficient (Wildman–Crippen LogP) is 4.24. The Morgan fingerprint density at radius 2 is 1.94 bits per heavy atom. The first kappa shape index (κ1) is 22.7. The van der Waals surface area contributed by atoms with Crippen LogP contribution in [0, 0.1) is 0 Å². The monoisotopic (exact) mass is 483 g/mol. The van der Waals surface area contributed by atoms with Gasteiger partial charge in [0.15, 0.2) is 5.82 Å². The molecule has 2 aromatic carbocycles. The molecular formula is C24H20F3N5O3. The summed E-state index contributed by atoms with van der Waals surface area (Å²) < 4.78 is 52.0. The van der Waals surface area contributed by atoms with Gasteiger partial charge in [-0.25, -0.2) is 9.97 Å². The number of rotatable bonds is 5. The SMILES string of the molecule is COc1ccc(NC(=O)Cc2ccc(-n3c4c(c5ncnc(N)c53)COC4)cc2)cc1C(F)(F)F. The molecule has 0 spiro atoms. The number of methoxy groups -OCH3 is 1. The van der Waals surface area contributed by atoms with Crippen LogP contribution < -0.4 is 15.8 Å². The van der Waals surface area contributed by atoms with Crippen LogP contribution in [0.5, 0.6) is 5.75 Å². The van der Waals surface area contributed by atoms with Crippen molar-refractivity contribution in [2.24, 2.45) is 0 Å². The molecule has 3 heterocycles. The molecule has 1 aliphatic rings. The van der Waals surface area contributed by atoms with E-state index in [0.717, 1.165) is 35.6 Å². The molecule has 0 atom stereocenters. The summed E-state index contributed by atoms with van der Waals surface area (Å²) in [7, 11) is 1.16. The van der Waals surface area contributed by atoms with E-state index in [1.165, 1.54) is 18.5 Å². The number of hydrogen-bond acceptors (Lipinski definition) is 6. The second-order valence-corrected chi connectivity index (χ2v) is 8.01. The third-order valence-corrected chi connectivity index (χ3v) is 5.81. The van der Waals surface area contributed by atoms with Crippen LogP contribution in [0.15, 0.2) is 48.8 Å². The number of hydrogen-bond donors (Lipinski definition) is 2. The molecule has 2 aromatic heterocycles. The van der Waals surface area contributed by atoms with Gasteiger partial charge in [-0.15, -0.1) is 0 Å². The molecule has 0 radical (unpaired) electrons. The Balaban J connectivity index is 1.36. The average molecular weight is 483 g/mol. The number of amides is 1. The third kappa shape index (κ3) is 4.14. The fourth-order valence-corrected chi connectivity index (χ4v) is 4.24. The van der Waals surface area contributed by atoms with E-state index in [4.69, 9.17) is 15.2 Å². The first-order chi connectivity index (χ1) is 16.8. The molecule has 3 N–H and O–H groups in total. The van der Waals surface area contributed by atoms with Crippen molar-refractivity contribution in [3.8, 4) is 11.4 Å². The number of benzene rings is 2. The van der Waals surface area contributed by atoms with Crippen LogP contribution in [0.25, 0.3) is 16.7 Å².